The van der Waals surface area contributed by atoms with Gasteiger partial charge in [-0.25, -0.2) is 0 Å². The van der Waals surface area contributed by atoms with Crippen LogP contribution in [0, 0.1) is 0 Å². The first kappa shape index (κ1) is 14.7. The van der Waals surface area contributed by atoms with E-state index in [1.165, 1.54) is 5.57 Å². The Balaban J connectivity index is 1.68. The molecule has 0 saturated carbocycles. The summed E-state index contributed by atoms with van der Waals surface area (Å²) in [6.45, 7) is 1.25. The maximum Gasteiger partial charge on any atom is 0.231 e. The van der Waals surface area contributed by atoms with E-state index in [0.29, 0.717) is 5.75 Å². The summed E-state index contributed by atoms with van der Waals surface area (Å²) in [6.07, 6.45) is 1.88. The number of aliphatic hydroxyl groups is 1. The minimum atomic E-state index is -0.977. The Kier molecular flexibility index (Phi) is 3.19. The number of methoxy groups -OCH3 is 1. The van der Waals surface area contributed by atoms with E-state index in [-0.39, 0.29) is 31.0 Å². The summed E-state index contributed by atoms with van der Waals surface area (Å²) in [4.78, 5) is 2.37. The molecule has 6 heteroatoms. The van der Waals surface area contributed by atoms with Crippen molar-refractivity contribution in [1.29, 1.82) is 0 Å². The van der Waals surface area contributed by atoms with Crippen molar-refractivity contribution in [2.45, 2.75) is 36.9 Å². The van der Waals surface area contributed by atoms with Gasteiger partial charge in [-0.1, -0.05) is 11.6 Å². The summed E-state index contributed by atoms with van der Waals surface area (Å²) < 4.78 is 22.7. The van der Waals surface area contributed by atoms with E-state index in [1.807, 2.05) is 12.1 Å². The predicted octanol–water partition coefficient (Wildman–Crippen LogP) is 1.55. The lowest BCUT2D eigenvalue weighted by Crippen LogP contribution is -2.50. The van der Waals surface area contributed by atoms with E-state index < -0.39 is 6.29 Å². The molecule has 1 fully saturated rings. The molecule has 5 unspecified atom stereocenters. The number of fused-ring (bicyclic) bond motifs is 6. The molecule has 0 amide bonds. The minimum absolute atomic E-state index is 0.107. The third kappa shape index (κ3) is 1.91. The summed E-state index contributed by atoms with van der Waals surface area (Å²) in [5.41, 5.74) is 3.25. The van der Waals surface area contributed by atoms with Crippen molar-refractivity contribution in [3.63, 3.8) is 0 Å². The Morgan fingerprint density at radius 1 is 1.21 bits per heavy atom. The molecule has 3 heterocycles. The Hall–Kier alpha value is -1.60. The molecule has 5 rings (SSSR count). The number of hydrogen-bond donors (Lipinski definition) is 1. The first-order chi connectivity index (χ1) is 11.7. The van der Waals surface area contributed by atoms with Crippen LogP contribution in [0.25, 0.3) is 0 Å². The van der Waals surface area contributed by atoms with Gasteiger partial charge in [-0.3, -0.25) is 4.90 Å². The second-order valence-corrected chi connectivity index (χ2v) is 6.93. The topological polar surface area (TPSA) is 60.4 Å². The van der Waals surface area contributed by atoms with Crippen molar-refractivity contribution in [2.75, 3.05) is 27.5 Å². The molecule has 1 aromatic carbocycles. The van der Waals surface area contributed by atoms with E-state index in [4.69, 9.17) is 18.9 Å². The van der Waals surface area contributed by atoms with E-state index in [2.05, 4.69) is 18.0 Å². The normalized spacial score (nSPS) is 36.8. The second-order valence-electron chi connectivity index (χ2n) is 6.93. The van der Waals surface area contributed by atoms with Crippen molar-refractivity contribution in [3.05, 3.63) is 34.9 Å². The highest BCUT2D eigenvalue weighted by Gasteiger charge is 2.50. The molecule has 1 aliphatic carbocycles. The Morgan fingerprint density at radius 3 is 2.71 bits per heavy atom. The Bertz CT molecular complexity index is 718. The van der Waals surface area contributed by atoms with Gasteiger partial charge in [-0.15, -0.1) is 0 Å². The molecule has 6 nitrogen and oxygen atoms in total. The number of aliphatic hydroxyl groups excluding tert-OH is 1. The quantitative estimate of drug-likeness (QED) is 0.788. The number of hydrogen-bond acceptors (Lipinski definition) is 6. The van der Waals surface area contributed by atoms with Crippen LogP contribution in [0.1, 0.15) is 29.8 Å². The van der Waals surface area contributed by atoms with Crippen LogP contribution in [0.4, 0.5) is 0 Å². The molecule has 24 heavy (non-hydrogen) atoms. The zero-order chi connectivity index (χ0) is 16.4. The maximum absolute atomic E-state index is 10.5. The summed E-state index contributed by atoms with van der Waals surface area (Å²) in [6, 6.07) is 4.14. The molecule has 1 N–H and O–H groups in total. The van der Waals surface area contributed by atoms with E-state index in [1.54, 1.807) is 7.11 Å². The third-order valence-corrected chi connectivity index (χ3v) is 5.77. The number of nitrogens with zero attached hydrogens (tertiary/aromatic N) is 1. The first-order valence-electron chi connectivity index (χ1n) is 8.38. The molecule has 5 atom stereocenters. The number of benzene rings is 1. The SMILES string of the molecule is COC1C=C2CCN(C)C2C2c3cc4c(cc3C(O)OC12)OCO4. The van der Waals surface area contributed by atoms with Crippen LogP contribution in [-0.2, 0) is 9.47 Å². The summed E-state index contributed by atoms with van der Waals surface area (Å²) in [5.74, 6) is 1.52. The number of ether oxygens (including phenoxy) is 4. The average Bonchev–Trinajstić information content (AvgIpc) is 3.19. The van der Waals surface area contributed by atoms with Crippen molar-refractivity contribution in [2.24, 2.45) is 0 Å². The summed E-state index contributed by atoms with van der Waals surface area (Å²) >= 11 is 0. The Morgan fingerprint density at radius 2 is 1.96 bits per heavy atom. The second kappa shape index (κ2) is 5.20. The summed E-state index contributed by atoms with van der Waals surface area (Å²) in [7, 11) is 3.84. The molecule has 3 aliphatic heterocycles. The molecule has 128 valence electrons. The van der Waals surface area contributed by atoms with Crippen molar-refractivity contribution >= 4 is 0 Å². The van der Waals surface area contributed by atoms with Crippen molar-refractivity contribution in [3.8, 4) is 11.5 Å². The highest BCUT2D eigenvalue weighted by Crippen LogP contribution is 2.51. The number of rotatable bonds is 1. The molecule has 1 saturated heterocycles. The monoisotopic (exact) mass is 331 g/mol. The number of likely N-dealkylation sites (N-methyl/N-ethyl adjacent to an activating group) is 1. The van der Waals surface area contributed by atoms with Gasteiger partial charge in [-0.05, 0) is 31.2 Å². The maximum atomic E-state index is 10.5. The van der Waals surface area contributed by atoms with Crippen LogP contribution in [0.3, 0.4) is 0 Å². The molecule has 4 aliphatic rings. The van der Waals surface area contributed by atoms with Gasteiger partial charge in [-0.2, -0.15) is 0 Å². The van der Waals surface area contributed by atoms with E-state index in [0.717, 1.165) is 29.8 Å². The standard InChI is InChI=1S/C18H21NO5/c1-19-4-3-9-5-14(21-2)17-15(16(9)19)10-6-12-13(23-8-22-12)7-11(10)18(20)24-17/h5-7,14-18,20H,3-4,8H2,1-2H3. The molecular weight excluding hydrogens is 310 g/mol. The average molecular weight is 331 g/mol. The van der Waals surface area contributed by atoms with Gasteiger partial charge in [0.05, 0.1) is 6.10 Å². The van der Waals surface area contributed by atoms with Crippen molar-refractivity contribution in [1.82, 2.24) is 4.90 Å². The van der Waals surface area contributed by atoms with Crippen LogP contribution >= 0.6 is 0 Å². The van der Waals surface area contributed by atoms with Crippen LogP contribution in [0.2, 0.25) is 0 Å². The fraction of sp³-hybridized carbons (Fsp3) is 0.556. The third-order valence-electron chi connectivity index (χ3n) is 5.77. The Labute approximate surface area is 140 Å². The first-order valence-corrected chi connectivity index (χ1v) is 8.38. The summed E-state index contributed by atoms with van der Waals surface area (Å²) in [5, 5.41) is 10.5. The predicted molar refractivity (Wildman–Crippen MR) is 85.1 cm³/mol. The highest BCUT2D eigenvalue weighted by atomic mass is 16.7. The van der Waals surface area contributed by atoms with Crippen LogP contribution in [-0.4, -0.2) is 55.8 Å². The smallest absolute Gasteiger partial charge is 0.231 e. The van der Waals surface area contributed by atoms with Gasteiger partial charge >= 0.3 is 0 Å². The number of likely N-dealkylation sites (tertiary alicyclic amines) is 1. The lowest BCUT2D eigenvalue weighted by Gasteiger charge is -2.46. The lowest BCUT2D eigenvalue weighted by molar-refractivity contribution is -0.189. The van der Waals surface area contributed by atoms with E-state index in [9.17, 15) is 5.11 Å². The molecule has 0 radical (unpaired) electrons. The zero-order valence-corrected chi connectivity index (χ0v) is 13.8. The van der Waals surface area contributed by atoms with Crippen LogP contribution in [0.15, 0.2) is 23.8 Å². The van der Waals surface area contributed by atoms with Crippen molar-refractivity contribution < 1.29 is 24.1 Å². The van der Waals surface area contributed by atoms with Gasteiger partial charge in [0.2, 0.25) is 6.79 Å². The molecule has 0 spiro atoms. The molecule has 1 aromatic rings. The fourth-order valence-corrected chi connectivity index (χ4v) is 4.66. The van der Waals surface area contributed by atoms with E-state index >= 15 is 0 Å². The van der Waals surface area contributed by atoms with Gasteiger partial charge < -0.3 is 24.1 Å². The fourth-order valence-electron chi connectivity index (χ4n) is 4.66. The highest BCUT2D eigenvalue weighted by molar-refractivity contribution is 5.53. The molecular formula is C18H21NO5. The molecule has 0 bridgehead atoms. The van der Waals surface area contributed by atoms with Crippen LogP contribution < -0.4 is 9.47 Å². The minimum Gasteiger partial charge on any atom is -0.454 e. The van der Waals surface area contributed by atoms with Gasteiger partial charge in [0, 0.05) is 31.2 Å². The van der Waals surface area contributed by atoms with Gasteiger partial charge in [0.15, 0.2) is 17.8 Å². The lowest BCUT2D eigenvalue weighted by atomic mass is 9.73. The van der Waals surface area contributed by atoms with Gasteiger partial charge in [0.25, 0.3) is 0 Å². The molecule has 0 aromatic heterocycles. The van der Waals surface area contributed by atoms with Crippen LogP contribution in [0.5, 0.6) is 11.5 Å². The largest absolute Gasteiger partial charge is 0.454 e. The van der Waals surface area contributed by atoms with Gasteiger partial charge in [0.1, 0.15) is 6.10 Å². The zero-order valence-electron chi connectivity index (χ0n) is 13.8.